The van der Waals surface area contributed by atoms with Gasteiger partial charge in [-0.3, -0.25) is 4.79 Å². The highest BCUT2D eigenvalue weighted by molar-refractivity contribution is 5.92. The van der Waals surface area contributed by atoms with Crippen molar-refractivity contribution < 1.29 is 4.79 Å². The van der Waals surface area contributed by atoms with Crippen LogP contribution in [0.4, 0.5) is 5.69 Å². The molecule has 0 saturated heterocycles. The van der Waals surface area contributed by atoms with Gasteiger partial charge in [0.15, 0.2) is 0 Å². The smallest absolute Gasteiger partial charge is 0.248 e. The van der Waals surface area contributed by atoms with E-state index in [2.05, 4.69) is 27.7 Å². The van der Waals surface area contributed by atoms with Crippen molar-refractivity contribution in [2.24, 2.45) is 0 Å². The van der Waals surface area contributed by atoms with Crippen LogP contribution in [-0.4, -0.2) is 26.1 Å². The molecule has 1 heterocycles. The Bertz CT molecular complexity index is 883. The zero-order chi connectivity index (χ0) is 17.8. The lowest BCUT2D eigenvalue weighted by Gasteiger charge is -2.12. The van der Waals surface area contributed by atoms with Crippen LogP contribution in [0.25, 0.3) is 11.4 Å². The van der Waals surface area contributed by atoms with Gasteiger partial charge in [0.25, 0.3) is 0 Å². The third-order valence-corrected chi connectivity index (χ3v) is 4.05. The SMILES string of the molecule is CCc1cccc(C)c1NC(=O)Cn1nnc(-c2ccc(C)cc2)n1. The quantitative estimate of drug-likeness (QED) is 0.777. The van der Waals surface area contributed by atoms with Crippen molar-refractivity contribution >= 4 is 11.6 Å². The maximum atomic E-state index is 12.4. The zero-order valence-electron chi connectivity index (χ0n) is 14.7. The number of para-hydroxylation sites is 1. The maximum absolute atomic E-state index is 12.4. The number of amides is 1. The summed E-state index contributed by atoms with van der Waals surface area (Å²) in [7, 11) is 0. The number of nitrogens with one attached hydrogen (secondary N) is 1. The van der Waals surface area contributed by atoms with Gasteiger partial charge in [-0.05, 0) is 36.6 Å². The van der Waals surface area contributed by atoms with Crippen LogP contribution in [0.3, 0.4) is 0 Å². The van der Waals surface area contributed by atoms with Crippen molar-refractivity contribution in [2.75, 3.05) is 5.32 Å². The van der Waals surface area contributed by atoms with Gasteiger partial charge in [-0.25, -0.2) is 0 Å². The van der Waals surface area contributed by atoms with E-state index in [-0.39, 0.29) is 12.5 Å². The van der Waals surface area contributed by atoms with Gasteiger partial charge in [0, 0.05) is 11.3 Å². The first-order valence-electron chi connectivity index (χ1n) is 8.30. The topological polar surface area (TPSA) is 72.7 Å². The van der Waals surface area contributed by atoms with Gasteiger partial charge < -0.3 is 5.32 Å². The zero-order valence-corrected chi connectivity index (χ0v) is 14.7. The molecular weight excluding hydrogens is 314 g/mol. The molecule has 1 amide bonds. The molecule has 3 rings (SSSR count). The van der Waals surface area contributed by atoms with Crippen molar-refractivity contribution in [3.05, 3.63) is 59.2 Å². The molecular formula is C19H21N5O. The molecule has 0 fully saturated rings. The largest absolute Gasteiger partial charge is 0.324 e. The monoisotopic (exact) mass is 335 g/mol. The summed E-state index contributed by atoms with van der Waals surface area (Å²) in [6.07, 6.45) is 0.858. The van der Waals surface area contributed by atoms with Crippen LogP contribution in [-0.2, 0) is 17.8 Å². The third kappa shape index (κ3) is 3.91. The summed E-state index contributed by atoms with van der Waals surface area (Å²) in [5, 5.41) is 15.3. The van der Waals surface area contributed by atoms with Gasteiger partial charge in [0.2, 0.25) is 11.7 Å². The first-order valence-corrected chi connectivity index (χ1v) is 8.30. The van der Waals surface area contributed by atoms with E-state index in [1.165, 1.54) is 10.4 Å². The van der Waals surface area contributed by atoms with Crippen LogP contribution in [0.1, 0.15) is 23.6 Å². The summed E-state index contributed by atoms with van der Waals surface area (Å²) < 4.78 is 0. The number of aryl methyl sites for hydroxylation is 3. The summed E-state index contributed by atoms with van der Waals surface area (Å²) in [6.45, 7) is 6.10. The number of tetrazole rings is 1. The van der Waals surface area contributed by atoms with Crippen molar-refractivity contribution in [2.45, 2.75) is 33.7 Å². The van der Waals surface area contributed by atoms with Crippen LogP contribution in [0.2, 0.25) is 0 Å². The van der Waals surface area contributed by atoms with Gasteiger partial charge in [-0.1, -0.05) is 55.0 Å². The number of nitrogens with zero attached hydrogens (tertiary/aromatic N) is 4. The fraction of sp³-hybridized carbons (Fsp3) is 0.263. The molecule has 6 nitrogen and oxygen atoms in total. The normalized spacial score (nSPS) is 10.7. The summed E-state index contributed by atoms with van der Waals surface area (Å²) in [4.78, 5) is 13.7. The predicted octanol–water partition coefficient (Wildman–Crippen LogP) is 3.16. The minimum atomic E-state index is -0.170. The Kier molecular flexibility index (Phi) is 4.88. The highest BCUT2D eigenvalue weighted by atomic mass is 16.2. The molecule has 0 aliphatic carbocycles. The third-order valence-electron chi connectivity index (χ3n) is 4.05. The molecule has 0 unspecified atom stereocenters. The molecule has 0 aliphatic heterocycles. The van der Waals surface area contributed by atoms with E-state index in [1.54, 1.807) is 0 Å². The molecule has 0 spiro atoms. The van der Waals surface area contributed by atoms with Crippen molar-refractivity contribution in [3.8, 4) is 11.4 Å². The molecule has 0 saturated carbocycles. The number of hydrogen-bond donors (Lipinski definition) is 1. The Morgan fingerprint density at radius 3 is 2.60 bits per heavy atom. The number of carbonyl (C=O) groups is 1. The second-order valence-corrected chi connectivity index (χ2v) is 6.02. The molecule has 1 aromatic heterocycles. The highest BCUT2D eigenvalue weighted by Gasteiger charge is 2.12. The maximum Gasteiger partial charge on any atom is 0.248 e. The Balaban J connectivity index is 1.71. The summed E-state index contributed by atoms with van der Waals surface area (Å²) in [5.41, 5.74) is 5.07. The molecule has 25 heavy (non-hydrogen) atoms. The van der Waals surface area contributed by atoms with Gasteiger partial charge in [-0.2, -0.15) is 4.80 Å². The molecule has 0 aliphatic rings. The molecule has 0 bridgehead atoms. The standard InChI is InChI=1S/C19H21N5O/c1-4-15-7-5-6-14(3)18(15)20-17(25)12-24-22-19(21-23-24)16-10-8-13(2)9-11-16/h5-11H,4,12H2,1-3H3,(H,20,25). The van der Waals surface area contributed by atoms with E-state index in [0.29, 0.717) is 5.82 Å². The van der Waals surface area contributed by atoms with E-state index in [4.69, 9.17) is 0 Å². The molecule has 3 aromatic rings. The minimum Gasteiger partial charge on any atom is -0.324 e. The first-order chi connectivity index (χ1) is 12.1. The van der Waals surface area contributed by atoms with Gasteiger partial charge in [-0.15, -0.1) is 10.2 Å². The predicted molar refractivity (Wildman–Crippen MR) is 97.2 cm³/mol. The summed E-state index contributed by atoms with van der Waals surface area (Å²) in [6, 6.07) is 13.9. The molecule has 1 N–H and O–H groups in total. The number of hydrogen-bond acceptors (Lipinski definition) is 4. The van der Waals surface area contributed by atoms with E-state index in [0.717, 1.165) is 28.8 Å². The van der Waals surface area contributed by atoms with E-state index in [9.17, 15) is 4.79 Å². The van der Waals surface area contributed by atoms with Crippen molar-refractivity contribution in [3.63, 3.8) is 0 Å². The number of rotatable bonds is 5. The lowest BCUT2D eigenvalue weighted by atomic mass is 10.1. The van der Waals surface area contributed by atoms with Crippen LogP contribution < -0.4 is 5.32 Å². The Hall–Kier alpha value is -3.02. The summed E-state index contributed by atoms with van der Waals surface area (Å²) >= 11 is 0. The second kappa shape index (κ2) is 7.25. The summed E-state index contributed by atoms with van der Waals surface area (Å²) in [5.74, 6) is 0.342. The van der Waals surface area contributed by atoms with Crippen LogP contribution in [0.15, 0.2) is 42.5 Å². The Morgan fingerprint density at radius 1 is 1.12 bits per heavy atom. The fourth-order valence-corrected chi connectivity index (χ4v) is 2.64. The number of anilines is 1. The molecule has 6 heteroatoms. The second-order valence-electron chi connectivity index (χ2n) is 6.02. The van der Waals surface area contributed by atoms with E-state index < -0.39 is 0 Å². The van der Waals surface area contributed by atoms with Gasteiger partial charge in [0.05, 0.1) is 0 Å². The number of aromatic nitrogens is 4. The average Bonchev–Trinajstić information content (AvgIpc) is 3.05. The first kappa shape index (κ1) is 16.8. The number of benzene rings is 2. The fourth-order valence-electron chi connectivity index (χ4n) is 2.64. The Morgan fingerprint density at radius 2 is 1.88 bits per heavy atom. The van der Waals surface area contributed by atoms with Crippen LogP contribution in [0.5, 0.6) is 0 Å². The minimum absolute atomic E-state index is 0.0242. The molecule has 128 valence electrons. The van der Waals surface area contributed by atoms with Gasteiger partial charge >= 0.3 is 0 Å². The Labute approximate surface area is 146 Å². The van der Waals surface area contributed by atoms with Crippen molar-refractivity contribution in [1.29, 1.82) is 0 Å². The molecule has 0 atom stereocenters. The highest BCUT2D eigenvalue weighted by Crippen LogP contribution is 2.21. The molecule has 2 aromatic carbocycles. The molecule has 0 radical (unpaired) electrons. The average molecular weight is 335 g/mol. The van der Waals surface area contributed by atoms with Crippen molar-refractivity contribution in [1.82, 2.24) is 20.2 Å². The van der Waals surface area contributed by atoms with E-state index >= 15 is 0 Å². The van der Waals surface area contributed by atoms with Gasteiger partial charge in [0.1, 0.15) is 6.54 Å². The van der Waals surface area contributed by atoms with Crippen LogP contribution >= 0.6 is 0 Å². The van der Waals surface area contributed by atoms with Crippen LogP contribution in [0, 0.1) is 13.8 Å². The lowest BCUT2D eigenvalue weighted by Crippen LogP contribution is -2.21. The van der Waals surface area contributed by atoms with E-state index in [1.807, 2.05) is 56.3 Å². The lowest BCUT2D eigenvalue weighted by molar-refractivity contribution is -0.117. The number of carbonyl (C=O) groups excluding carboxylic acids is 1.